The number of piperidine rings is 1. The third kappa shape index (κ3) is 3.99. The van der Waals surface area contributed by atoms with E-state index in [2.05, 4.69) is 20.8 Å². The molecule has 0 amide bonds. The van der Waals surface area contributed by atoms with E-state index in [0.29, 0.717) is 6.10 Å². The lowest BCUT2D eigenvalue weighted by Gasteiger charge is -2.33. The van der Waals surface area contributed by atoms with Gasteiger partial charge in [0.1, 0.15) is 0 Å². The molecule has 2 saturated heterocycles. The van der Waals surface area contributed by atoms with Crippen LogP contribution < -0.4 is 0 Å². The SMILES string of the molecule is BrCCOC1CCN(CC2CCOC2)CC1. The molecule has 4 heteroatoms. The quantitative estimate of drug-likeness (QED) is 0.722. The Hall–Kier alpha value is 0.360. The van der Waals surface area contributed by atoms with Gasteiger partial charge in [-0.15, -0.1) is 0 Å². The number of hydrogen-bond donors (Lipinski definition) is 0. The van der Waals surface area contributed by atoms with Crippen LogP contribution >= 0.6 is 15.9 Å². The molecule has 2 fully saturated rings. The summed E-state index contributed by atoms with van der Waals surface area (Å²) in [5.74, 6) is 0.778. The highest BCUT2D eigenvalue weighted by molar-refractivity contribution is 9.09. The van der Waals surface area contributed by atoms with E-state index < -0.39 is 0 Å². The molecule has 16 heavy (non-hydrogen) atoms. The summed E-state index contributed by atoms with van der Waals surface area (Å²) in [6.07, 6.45) is 4.13. The normalized spacial score (nSPS) is 28.7. The average Bonchev–Trinajstić information content (AvgIpc) is 2.81. The van der Waals surface area contributed by atoms with E-state index in [1.807, 2.05) is 0 Å². The predicted molar refractivity (Wildman–Crippen MR) is 68.1 cm³/mol. The number of ether oxygens (including phenoxy) is 2. The third-order valence-electron chi connectivity index (χ3n) is 3.51. The molecule has 3 nitrogen and oxygen atoms in total. The number of halogens is 1. The Morgan fingerprint density at radius 1 is 1.25 bits per heavy atom. The zero-order valence-electron chi connectivity index (χ0n) is 9.87. The maximum atomic E-state index is 5.75. The minimum atomic E-state index is 0.494. The molecule has 0 saturated carbocycles. The molecule has 0 radical (unpaired) electrons. The summed E-state index contributed by atoms with van der Waals surface area (Å²) in [5.41, 5.74) is 0. The second-order valence-corrected chi connectivity index (χ2v) is 5.58. The Kier molecular flexibility index (Phi) is 5.56. The first-order chi connectivity index (χ1) is 7.88. The van der Waals surface area contributed by atoms with Crippen molar-refractivity contribution in [3.05, 3.63) is 0 Å². The smallest absolute Gasteiger partial charge is 0.0599 e. The highest BCUT2D eigenvalue weighted by atomic mass is 79.9. The molecule has 0 bridgehead atoms. The van der Waals surface area contributed by atoms with Gasteiger partial charge in [0.05, 0.1) is 19.3 Å². The van der Waals surface area contributed by atoms with Gasteiger partial charge in [0.2, 0.25) is 0 Å². The molecule has 0 spiro atoms. The molecule has 1 unspecified atom stereocenters. The van der Waals surface area contributed by atoms with E-state index in [0.717, 1.165) is 31.1 Å². The monoisotopic (exact) mass is 291 g/mol. The summed E-state index contributed by atoms with van der Waals surface area (Å²) >= 11 is 3.40. The van der Waals surface area contributed by atoms with Crippen LogP contribution in [0.25, 0.3) is 0 Å². The largest absolute Gasteiger partial charge is 0.381 e. The molecule has 1 atom stereocenters. The van der Waals surface area contributed by atoms with Crippen LogP contribution in [-0.2, 0) is 9.47 Å². The highest BCUT2D eigenvalue weighted by Gasteiger charge is 2.23. The number of likely N-dealkylation sites (tertiary alicyclic amines) is 1. The lowest BCUT2D eigenvalue weighted by Crippen LogP contribution is -2.40. The van der Waals surface area contributed by atoms with Crippen LogP contribution in [0.2, 0.25) is 0 Å². The summed E-state index contributed by atoms with van der Waals surface area (Å²) in [7, 11) is 0. The van der Waals surface area contributed by atoms with E-state index in [1.54, 1.807) is 0 Å². The lowest BCUT2D eigenvalue weighted by atomic mass is 10.0. The fourth-order valence-electron chi connectivity index (χ4n) is 2.56. The zero-order valence-corrected chi connectivity index (χ0v) is 11.5. The molecular formula is C12H22BrNO2. The van der Waals surface area contributed by atoms with E-state index in [-0.39, 0.29) is 0 Å². The summed E-state index contributed by atoms with van der Waals surface area (Å²) in [6, 6.07) is 0. The van der Waals surface area contributed by atoms with E-state index in [1.165, 1.54) is 38.9 Å². The zero-order chi connectivity index (χ0) is 11.2. The topological polar surface area (TPSA) is 21.7 Å². The van der Waals surface area contributed by atoms with Gasteiger partial charge in [-0.1, -0.05) is 15.9 Å². The van der Waals surface area contributed by atoms with Gasteiger partial charge in [-0.05, 0) is 25.2 Å². The summed E-state index contributed by atoms with van der Waals surface area (Å²) in [5, 5.41) is 0.951. The Labute approximate surface area is 107 Å². The van der Waals surface area contributed by atoms with E-state index >= 15 is 0 Å². The fourth-order valence-corrected chi connectivity index (χ4v) is 2.75. The summed E-state index contributed by atoms with van der Waals surface area (Å²) in [6.45, 7) is 6.41. The minimum absolute atomic E-state index is 0.494. The second kappa shape index (κ2) is 6.94. The summed E-state index contributed by atoms with van der Waals surface area (Å²) in [4.78, 5) is 2.58. The molecule has 0 aromatic carbocycles. The van der Waals surface area contributed by atoms with Gasteiger partial charge < -0.3 is 14.4 Å². The third-order valence-corrected chi connectivity index (χ3v) is 3.83. The minimum Gasteiger partial charge on any atom is -0.381 e. The first kappa shape index (κ1) is 12.8. The summed E-state index contributed by atoms with van der Waals surface area (Å²) < 4.78 is 11.2. The number of hydrogen-bond acceptors (Lipinski definition) is 3. The van der Waals surface area contributed by atoms with Gasteiger partial charge in [0.25, 0.3) is 0 Å². The molecule has 0 N–H and O–H groups in total. The van der Waals surface area contributed by atoms with Gasteiger partial charge in [-0.25, -0.2) is 0 Å². The van der Waals surface area contributed by atoms with Gasteiger partial charge in [-0.3, -0.25) is 0 Å². The van der Waals surface area contributed by atoms with Crippen LogP contribution in [0.5, 0.6) is 0 Å². The van der Waals surface area contributed by atoms with Crippen molar-refractivity contribution >= 4 is 15.9 Å². The first-order valence-electron chi connectivity index (χ1n) is 6.36. The van der Waals surface area contributed by atoms with Crippen molar-refractivity contribution in [2.24, 2.45) is 5.92 Å². The molecule has 0 aromatic rings. The molecule has 0 aromatic heterocycles. The molecule has 2 rings (SSSR count). The Bertz CT molecular complexity index is 189. The number of nitrogens with zero attached hydrogens (tertiary/aromatic N) is 1. The van der Waals surface area contributed by atoms with Crippen LogP contribution in [0.3, 0.4) is 0 Å². The fraction of sp³-hybridized carbons (Fsp3) is 1.00. The van der Waals surface area contributed by atoms with Crippen molar-refractivity contribution in [2.45, 2.75) is 25.4 Å². The van der Waals surface area contributed by atoms with Crippen LogP contribution in [-0.4, -0.2) is 55.8 Å². The average molecular weight is 292 g/mol. The number of alkyl halides is 1. The molecule has 94 valence electrons. The van der Waals surface area contributed by atoms with Crippen molar-refractivity contribution < 1.29 is 9.47 Å². The van der Waals surface area contributed by atoms with Crippen molar-refractivity contribution in [2.75, 3.05) is 44.8 Å². The Morgan fingerprint density at radius 2 is 2.06 bits per heavy atom. The molecular weight excluding hydrogens is 270 g/mol. The standard InChI is InChI=1S/C12H22BrNO2/c13-4-8-16-12-1-5-14(6-2-12)9-11-3-7-15-10-11/h11-12H,1-10H2. The van der Waals surface area contributed by atoms with E-state index in [9.17, 15) is 0 Å². The Balaban J connectivity index is 1.60. The molecule has 2 aliphatic heterocycles. The van der Waals surface area contributed by atoms with Crippen LogP contribution in [0.15, 0.2) is 0 Å². The molecule has 2 aliphatic rings. The maximum Gasteiger partial charge on any atom is 0.0599 e. The van der Waals surface area contributed by atoms with E-state index in [4.69, 9.17) is 9.47 Å². The Morgan fingerprint density at radius 3 is 2.69 bits per heavy atom. The highest BCUT2D eigenvalue weighted by Crippen LogP contribution is 2.18. The van der Waals surface area contributed by atoms with Crippen molar-refractivity contribution in [3.63, 3.8) is 0 Å². The van der Waals surface area contributed by atoms with Crippen LogP contribution in [0, 0.1) is 5.92 Å². The van der Waals surface area contributed by atoms with Gasteiger partial charge in [-0.2, -0.15) is 0 Å². The second-order valence-electron chi connectivity index (χ2n) is 4.79. The maximum absolute atomic E-state index is 5.75. The van der Waals surface area contributed by atoms with Crippen molar-refractivity contribution in [1.82, 2.24) is 4.90 Å². The molecule has 2 heterocycles. The predicted octanol–water partition coefficient (Wildman–Crippen LogP) is 1.90. The lowest BCUT2D eigenvalue weighted by molar-refractivity contribution is 0.0123. The van der Waals surface area contributed by atoms with Crippen molar-refractivity contribution in [3.8, 4) is 0 Å². The molecule has 0 aliphatic carbocycles. The number of rotatable bonds is 5. The van der Waals surface area contributed by atoms with Crippen LogP contribution in [0.4, 0.5) is 0 Å². The van der Waals surface area contributed by atoms with Crippen molar-refractivity contribution in [1.29, 1.82) is 0 Å². The van der Waals surface area contributed by atoms with Gasteiger partial charge in [0, 0.05) is 31.6 Å². The van der Waals surface area contributed by atoms with Gasteiger partial charge >= 0.3 is 0 Å². The first-order valence-corrected chi connectivity index (χ1v) is 7.48. The van der Waals surface area contributed by atoms with Crippen LogP contribution in [0.1, 0.15) is 19.3 Å². The van der Waals surface area contributed by atoms with Gasteiger partial charge in [0.15, 0.2) is 0 Å².